The van der Waals surface area contributed by atoms with Crippen molar-refractivity contribution in [3.63, 3.8) is 0 Å². The average molecular weight is 332 g/mol. The smallest absolute Gasteiger partial charge is 0.265 e. The predicted molar refractivity (Wildman–Crippen MR) is 39.4 cm³/mol. The molecule has 0 aliphatic heterocycles. The Balaban J connectivity index is 5.72. The lowest BCUT2D eigenvalue weighted by Crippen LogP contribution is -2.64. The van der Waals surface area contributed by atoms with E-state index in [1.807, 2.05) is 0 Å². The summed E-state index contributed by atoms with van der Waals surface area (Å²) in [6.45, 7) is 0. The van der Waals surface area contributed by atoms with Crippen LogP contribution < -0.4 is 0 Å². The molecular weight excluding hydrogens is 332 g/mol. The van der Waals surface area contributed by atoms with Gasteiger partial charge in [0.25, 0.3) is 0 Å². The van der Waals surface area contributed by atoms with Crippen LogP contribution >= 0.6 is 23.6 Å². The molecule has 0 aromatic heterocycles. The van der Waals surface area contributed by atoms with E-state index in [9.17, 15) is 44.3 Å². The lowest BCUT2D eigenvalue weighted by Gasteiger charge is -2.32. The fraction of sp³-hybridized carbons (Fsp3) is 0.800. The van der Waals surface area contributed by atoms with Crippen molar-refractivity contribution in [2.75, 3.05) is 0 Å². The van der Waals surface area contributed by atoms with Crippen LogP contribution in [-0.4, -0.2) is 33.8 Å². The van der Waals surface area contributed by atoms with Gasteiger partial charge in [-0.05, 0) is 0 Å². The number of nitrogens with zero attached hydrogens (tertiary/aromatic N) is 1. The molecule has 0 radical (unpaired) electrons. The first-order valence-electron chi connectivity index (χ1n) is 3.47. The Morgan fingerprint density at radius 2 is 1.11 bits per heavy atom. The van der Waals surface area contributed by atoms with Gasteiger partial charge in [-0.2, -0.15) is 43.5 Å². The third kappa shape index (κ3) is 2.42. The highest BCUT2D eigenvalue weighted by Gasteiger charge is 2.84. The van der Waals surface area contributed by atoms with Gasteiger partial charge >= 0.3 is 29.9 Å². The van der Waals surface area contributed by atoms with E-state index >= 15 is 0 Å². The molecule has 18 heavy (non-hydrogen) atoms. The van der Waals surface area contributed by atoms with E-state index in [1.54, 1.807) is 0 Å². The highest BCUT2D eigenvalue weighted by atomic mass is 35.5. The molecule has 0 aromatic rings. The molecule has 0 saturated carbocycles. The highest BCUT2D eigenvalue weighted by Crippen LogP contribution is 2.53. The Labute approximate surface area is 102 Å². The van der Waals surface area contributed by atoms with Gasteiger partial charge in [0.1, 0.15) is 0 Å². The molecule has 0 aliphatic rings. The van der Waals surface area contributed by atoms with E-state index in [0.717, 1.165) is 0 Å². The maximum absolute atomic E-state index is 12.6. The van der Waals surface area contributed by atoms with E-state index in [2.05, 4.69) is 23.6 Å². The molecule has 0 aliphatic carbocycles. The SMILES string of the molecule is O=C(N(Cl)Cl)C(F)(F)C(F)(F)C(F)(F)C(F)(F)F. The van der Waals surface area contributed by atoms with E-state index < -0.39 is 33.8 Å². The molecule has 0 atom stereocenters. The summed E-state index contributed by atoms with van der Waals surface area (Å²) in [4.78, 5) is 10.3. The number of carbonyl (C=O) groups excluding carboxylic acids is 1. The summed E-state index contributed by atoms with van der Waals surface area (Å²) >= 11 is 8.59. The van der Waals surface area contributed by atoms with Crippen molar-refractivity contribution >= 4 is 29.5 Å². The molecule has 2 nitrogen and oxygen atoms in total. The zero-order valence-electron chi connectivity index (χ0n) is 7.51. The number of alkyl halides is 9. The van der Waals surface area contributed by atoms with Crippen molar-refractivity contribution < 1.29 is 44.3 Å². The third-order valence-electron chi connectivity index (χ3n) is 1.57. The predicted octanol–water partition coefficient (Wildman–Crippen LogP) is 3.59. The molecule has 0 rings (SSSR count). The maximum Gasteiger partial charge on any atom is 0.460 e. The van der Waals surface area contributed by atoms with Crippen LogP contribution in [0.25, 0.3) is 0 Å². The lowest BCUT2D eigenvalue weighted by molar-refractivity contribution is -0.388. The Morgan fingerprint density at radius 1 is 0.778 bits per heavy atom. The van der Waals surface area contributed by atoms with Crippen molar-refractivity contribution in [3.05, 3.63) is 0 Å². The van der Waals surface area contributed by atoms with Crippen LogP contribution in [0, 0.1) is 0 Å². The van der Waals surface area contributed by atoms with Gasteiger partial charge in [-0.3, -0.25) is 4.79 Å². The second kappa shape index (κ2) is 4.51. The number of carbonyl (C=O) groups is 1. The normalized spacial score (nSPS) is 14.6. The molecule has 13 heteroatoms. The Bertz CT molecular complexity index is 338. The molecule has 0 aromatic carbocycles. The third-order valence-corrected chi connectivity index (χ3v) is 1.87. The van der Waals surface area contributed by atoms with Crippen LogP contribution in [0.15, 0.2) is 0 Å². The van der Waals surface area contributed by atoms with E-state index in [1.165, 1.54) is 0 Å². The molecule has 0 heterocycles. The van der Waals surface area contributed by atoms with Gasteiger partial charge in [0.05, 0.1) is 0 Å². The van der Waals surface area contributed by atoms with Crippen molar-refractivity contribution in [1.29, 1.82) is 0 Å². The van der Waals surface area contributed by atoms with Crippen LogP contribution in [0.4, 0.5) is 39.5 Å². The Hall–Kier alpha value is -0.580. The minimum Gasteiger partial charge on any atom is -0.265 e. The number of rotatable bonds is 3. The first-order valence-corrected chi connectivity index (χ1v) is 4.14. The molecular formula is C5Cl2F9NO. The fourth-order valence-electron chi connectivity index (χ4n) is 0.616. The molecule has 1 amide bonds. The van der Waals surface area contributed by atoms with Crippen molar-refractivity contribution in [2.45, 2.75) is 23.9 Å². The summed E-state index contributed by atoms with van der Waals surface area (Å²) in [5.41, 5.74) is 0. The maximum atomic E-state index is 12.6. The number of hydrogen-bond acceptors (Lipinski definition) is 1. The zero-order valence-corrected chi connectivity index (χ0v) is 9.02. The number of amides is 1. The molecule has 0 N–H and O–H groups in total. The van der Waals surface area contributed by atoms with Crippen molar-refractivity contribution in [1.82, 2.24) is 3.94 Å². The Kier molecular flexibility index (Phi) is 4.37. The molecule has 0 spiro atoms. The summed E-state index contributed by atoms with van der Waals surface area (Å²) < 4.78 is 108. The summed E-state index contributed by atoms with van der Waals surface area (Å²) in [6.07, 6.45) is -7.01. The van der Waals surface area contributed by atoms with Crippen molar-refractivity contribution in [2.24, 2.45) is 0 Å². The van der Waals surface area contributed by atoms with Crippen molar-refractivity contribution in [3.8, 4) is 0 Å². The fourth-order valence-corrected chi connectivity index (χ4v) is 0.828. The lowest BCUT2D eigenvalue weighted by atomic mass is 10.0. The highest BCUT2D eigenvalue weighted by molar-refractivity contribution is 6.42. The second-order valence-electron chi connectivity index (χ2n) is 2.76. The quantitative estimate of drug-likeness (QED) is 0.571. The summed E-state index contributed by atoms with van der Waals surface area (Å²) in [5.74, 6) is -24.0. The Morgan fingerprint density at radius 3 is 1.33 bits per heavy atom. The number of hydrogen-bond donors (Lipinski definition) is 0. The van der Waals surface area contributed by atoms with E-state index in [-0.39, 0.29) is 0 Å². The molecule has 108 valence electrons. The van der Waals surface area contributed by atoms with Crippen LogP contribution in [0.1, 0.15) is 0 Å². The topological polar surface area (TPSA) is 20.3 Å². The van der Waals surface area contributed by atoms with Gasteiger partial charge in [0.2, 0.25) is 0 Å². The standard InChI is InChI=1S/C5Cl2F9NO/c6-17(7)1(18)2(8,9)3(10,11)4(12,13)5(14,15)16. The van der Waals surface area contributed by atoms with Crippen LogP contribution in [-0.2, 0) is 4.79 Å². The molecule has 0 saturated heterocycles. The van der Waals surface area contributed by atoms with Gasteiger partial charge < -0.3 is 0 Å². The molecule has 0 bridgehead atoms. The van der Waals surface area contributed by atoms with Crippen LogP contribution in [0.5, 0.6) is 0 Å². The number of halogens is 11. The average Bonchev–Trinajstić information content (AvgIpc) is 2.13. The minimum absolute atomic E-state index is 1.28. The summed E-state index contributed by atoms with van der Waals surface area (Å²) in [5, 5.41) is 0. The van der Waals surface area contributed by atoms with Gasteiger partial charge in [0.15, 0.2) is 0 Å². The van der Waals surface area contributed by atoms with Gasteiger partial charge in [-0.15, -0.1) is 0 Å². The zero-order chi connectivity index (χ0) is 15.2. The monoisotopic (exact) mass is 331 g/mol. The minimum atomic E-state index is -7.16. The first-order chi connectivity index (χ1) is 7.60. The van der Waals surface area contributed by atoms with E-state index in [0.29, 0.717) is 0 Å². The second-order valence-corrected chi connectivity index (χ2v) is 3.61. The summed E-state index contributed by atoms with van der Waals surface area (Å²) in [6, 6.07) is 0. The van der Waals surface area contributed by atoms with Crippen LogP contribution in [0.2, 0.25) is 0 Å². The van der Waals surface area contributed by atoms with Gasteiger partial charge in [0, 0.05) is 23.6 Å². The summed E-state index contributed by atoms with van der Waals surface area (Å²) in [7, 11) is 0. The first kappa shape index (κ1) is 17.4. The van der Waals surface area contributed by atoms with Gasteiger partial charge in [-0.25, -0.2) is 0 Å². The van der Waals surface area contributed by atoms with Crippen LogP contribution in [0.3, 0.4) is 0 Å². The van der Waals surface area contributed by atoms with Gasteiger partial charge in [-0.1, -0.05) is 0 Å². The molecule has 0 unspecified atom stereocenters. The molecule has 0 fully saturated rings. The largest absolute Gasteiger partial charge is 0.460 e. The van der Waals surface area contributed by atoms with E-state index in [4.69, 9.17) is 0 Å².